The Kier molecular flexibility index (Phi) is 2.40. The molecule has 18 heavy (non-hydrogen) atoms. The molecular weight excluding hydrogens is 222 g/mol. The van der Waals surface area contributed by atoms with Crippen LogP contribution in [0.4, 0.5) is 0 Å². The summed E-state index contributed by atoms with van der Waals surface area (Å²) in [6.45, 7) is 6.10. The highest BCUT2D eigenvalue weighted by Gasteiger charge is 2.08. The van der Waals surface area contributed by atoms with Crippen LogP contribution >= 0.6 is 0 Å². The highest BCUT2D eigenvalue weighted by Crippen LogP contribution is 2.23. The zero-order chi connectivity index (χ0) is 12.7. The fourth-order valence-electron chi connectivity index (χ4n) is 2.19. The molecule has 0 aliphatic carbocycles. The first-order valence-electron chi connectivity index (χ1n) is 6.04. The molecule has 0 atom stereocenters. The van der Waals surface area contributed by atoms with Gasteiger partial charge in [0.05, 0.1) is 11.0 Å². The molecule has 1 aromatic carbocycles. The molecule has 0 saturated carbocycles. The minimum Gasteiger partial charge on any atom is -0.338 e. The molecule has 0 spiro atoms. The molecule has 0 bridgehead atoms. The molecule has 0 amide bonds. The van der Waals surface area contributed by atoms with Gasteiger partial charge in [0.15, 0.2) is 0 Å². The van der Waals surface area contributed by atoms with Gasteiger partial charge in [-0.3, -0.25) is 4.98 Å². The van der Waals surface area contributed by atoms with Crippen LogP contribution in [0, 0.1) is 20.8 Å². The lowest BCUT2D eigenvalue weighted by Crippen LogP contribution is -1.91. The number of aryl methyl sites for hydroxylation is 3. The van der Waals surface area contributed by atoms with Crippen LogP contribution in [0.15, 0.2) is 30.3 Å². The van der Waals surface area contributed by atoms with Crippen LogP contribution in [0.1, 0.15) is 17.0 Å². The number of imidazole rings is 1. The third kappa shape index (κ3) is 1.78. The van der Waals surface area contributed by atoms with E-state index in [0.717, 1.165) is 33.8 Å². The standard InChI is InChI=1S/C15H15N3/c1-9-4-7-13-14(8-9)18-15(17-13)12-6-5-10(2)16-11(12)3/h4-8H,1-3H3,(H,17,18). The van der Waals surface area contributed by atoms with Gasteiger partial charge < -0.3 is 4.98 Å². The normalized spacial score (nSPS) is 11.1. The van der Waals surface area contributed by atoms with E-state index in [4.69, 9.17) is 0 Å². The van der Waals surface area contributed by atoms with Crippen molar-refractivity contribution in [2.24, 2.45) is 0 Å². The van der Waals surface area contributed by atoms with E-state index in [0.29, 0.717) is 0 Å². The Morgan fingerprint density at radius 3 is 2.56 bits per heavy atom. The largest absolute Gasteiger partial charge is 0.338 e. The lowest BCUT2D eigenvalue weighted by molar-refractivity contribution is 1.11. The van der Waals surface area contributed by atoms with Gasteiger partial charge in [0, 0.05) is 17.0 Å². The number of hydrogen-bond acceptors (Lipinski definition) is 2. The van der Waals surface area contributed by atoms with Gasteiger partial charge in [0.1, 0.15) is 5.82 Å². The van der Waals surface area contributed by atoms with Crippen LogP contribution < -0.4 is 0 Å². The summed E-state index contributed by atoms with van der Waals surface area (Å²) in [6.07, 6.45) is 0. The molecule has 2 aromatic heterocycles. The van der Waals surface area contributed by atoms with Gasteiger partial charge in [-0.05, 0) is 50.6 Å². The summed E-state index contributed by atoms with van der Waals surface area (Å²) >= 11 is 0. The molecule has 0 aliphatic rings. The van der Waals surface area contributed by atoms with E-state index in [2.05, 4.69) is 40.1 Å². The molecule has 0 saturated heterocycles. The average Bonchev–Trinajstić information content (AvgIpc) is 2.71. The molecule has 2 heterocycles. The molecule has 0 unspecified atom stereocenters. The third-order valence-electron chi connectivity index (χ3n) is 3.12. The predicted octanol–water partition coefficient (Wildman–Crippen LogP) is 3.55. The van der Waals surface area contributed by atoms with Crippen molar-refractivity contribution < 1.29 is 0 Å². The van der Waals surface area contributed by atoms with E-state index >= 15 is 0 Å². The zero-order valence-electron chi connectivity index (χ0n) is 10.8. The van der Waals surface area contributed by atoms with E-state index in [-0.39, 0.29) is 0 Å². The van der Waals surface area contributed by atoms with Crippen LogP contribution in [0.2, 0.25) is 0 Å². The summed E-state index contributed by atoms with van der Waals surface area (Å²) in [5.41, 5.74) is 6.40. The van der Waals surface area contributed by atoms with Crippen molar-refractivity contribution in [3.8, 4) is 11.4 Å². The van der Waals surface area contributed by atoms with E-state index in [1.807, 2.05) is 26.0 Å². The molecular formula is C15H15N3. The van der Waals surface area contributed by atoms with E-state index in [1.165, 1.54) is 5.56 Å². The number of fused-ring (bicyclic) bond motifs is 1. The maximum Gasteiger partial charge on any atom is 0.140 e. The maximum absolute atomic E-state index is 4.62. The number of H-pyrrole nitrogens is 1. The number of hydrogen-bond donors (Lipinski definition) is 1. The molecule has 3 nitrogen and oxygen atoms in total. The molecule has 0 fully saturated rings. The topological polar surface area (TPSA) is 41.6 Å². The SMILES string of the molecule is Cc1ccc2nc(-c3ccc(C)nc3C)[nH]c2c1. The molecule has 3 heteroatoms. The Morgan fingerprint density at radius 2 is 1.78 bits per heavy atom. The summed E-state index contributed by atoms with van der Waals surface area (Å²) < 4.78 is 0. The molecule has 0 aliphatic heterocycles. The van der Waals surface area contributed by atoms with Gasteiger partial charge in [-0.2, -0.15) is 0 Å². The summed E-state index contributed by atoms with van der Waals surface area (Å²) in [5.74, 6) is 0.889. The fraction of sp³-hybridized carbons (Fsp3) is 0.200. The van der Waals surface area contributed by atoms with Crippen molar-refractivity contribution in [2.45, 2.75) is 20.8 Å². The lowest BCUT2D eigenvalue weighted by Gasteiger charge is -2.02. The number of nitrogens with zero attached hydrogens (tertiary/aromatic N) is 2. The Balaban J connectivity index is 2.19. The van der Waals surface area contributed by atoms with Crippen molar-refractivity contribution in [3.05, 3.63) is 47.3 Å². The van der Waals surface area contributed by atoms with Gasteiger partial charge in [-0.1, -0.05) is 6.07 Å². The van der Waals surface area contributed by atoms with Gasteiger partial charge in [-0.25, -0.2) is 4.98 Å². The quantitative estimate of drug-likeness (QED) is 0.703. The minimum absolute atomic E-state index is 0.889. The second-order valence-electron chi connectivity index (χ2n) is 4.69. The highest BCUT2D eigenvalue weighted by molar-refractivity contribution is 5.80. The lowest BCUT2D eigenvalue weighted by atomic mass is 10.2. The fourth-order valence-corrected chi connectivity index (χ4v) is 2.19. The third-order valence-corrected chi connectivity index (χ3v) is 3.12. The summed E-state index contributed by atoms with van der Waals surface area (Å²) in [5, 5.41) is 0. The van der Waals surface area contributed by atoms with Crippen molar-refractivity contribution in [1.29, 1.82) is 0 Å². The van der Waals surface area contributed by atoms with Crippen molar-refractivity contribution in [1.82, 2.24) is 15.0 Å². The van der Waals surface area contributed by atoms with Crippen molar-refractivity contribution >= 4 is 11.0 Å². The number of aromatic nitrogens is 3. The Hall–Kier alpha value is -2.16. The van der Waals surface area contributed by atoms with Crippen LogP contribution in [-0.2, 0) is 0 Å². The second kappa shape index (κ2) is 3.95. The first kappa shape index (κ1) is 11.0. The second-order valence-corrected chi connectivity index (χ2v) is 4.69. The molecule has 0 radical (unpaired) electrons. The van der Waals surface area contributed by atoms with Crippen LogP contribution in [-0.4, -0.2) is 15.0 Å². The van der Waals surface area contributed by atoms with E-state index < -0.39 is 0 Å². The first-order valence-corrected chi connectivity index (χ1v) is 6.04. The number of pyridine rings is 1. The monoisotopic (exact) mass is 237 g/mol. The number of rotatable bonds is 1. The van der Waals surface area contributed by atoms with E-state index in [9.17, 15) is 0 Å². The van der Waals surface area contributed by atoms with Crippen molar-refractivity contribution in [2.75, 3.05) is 0 Å². The molecule has 90 valence electrons. The number of nitrogens with one attached hydrogen (secondary N) is 1. The minimum atomic E-state index is 0.889. The smallest absolute Gasteiger partial charge is 0.140 e. The molecule has 3 aromatic rings. The number of benzene rings is 1. The first-order chi connectivity index (χ1) is 8.63. The van der Waals surface area contributed by atoms with Crippen LogP contribution in [0.25, 0.3) is 22.4 Å². The van der Waals surface area contributed by atoms with Gasteiger partial charge in [0.25, 0.3) is 0 Å². The summed E-state index contributed by atoms with van der Waals surface area (Å²) in [6, 6.07) is 10.3. The van der Waals surface area contributed by atoms with E-state index in [1.54, 1.807) is 0 Å². The zero-order valence-corrected chi connectivity index (χ0v) is 10.8. The molecule has 1 N–H and O–H groups in total. The summed E-state index contributed by atoms with van der Waals surface area (Å²) in [7, 11) is 0. The van der Waals surface area contributed by atoms with Crippen LogP contribution in [0.5, 0.6) is 0 Å². The Morgan fingerprint density at radius 1 is 0.944 bits per heavy atom. The van der Waals surface area contributed by atoms with Gasteiger partial charge in [-0.15, -0.1) is 0 Å². The average molecular weight is 237 g/mol. The number of aromatic amines is 1. The molecule has 3 rings (SSSR count). The van der Waals surface area contributed by atoms with Gasteiger partial charge >= 0.3 is 0 Å². The van der Waals surface area contributed by atoms with Gasteiger partial charge in [0.2, 0.25) is 0 Å². The Labute approximate surface area is 106 Å². The predicted molar refractivity (Wildman–Crippen MR) is 73.5 cm³/mol. The maximum atomic E-state index is 4.62. The van der Waals surface area contributed by atoms with Crippen LogP contribution in [0.3, 0.4) is 0 Å². The Bertz CT molecular complexity index is 726. The highest BCUT2D eigenvalue weighted by atomic mass is 14.9. The van der Waals surface area contributed by atoms with Crippen molar-refractivity contribution in [3.63, 3.8) is 0 Å². The summed E-state index contributed by atoms with van der Waals surface area (Å²) in [4.78, 5) is 12.5.